The van der Waals surface area contributed by atoms with Crippen LogP contribution in [0.1, 0.15) is 24.8 Å². The molecule has 23 heavy (non-hydrogen) atoms. The molecule has 1 aliphatic heterocycles. The molecular weight excluding hydrogens is 359 g/mol. The Kier molecular flexibility index (Phi) is 6.71. The number of halogens is 2. The second kappa shape index (κ2) is 8.14. The van der Waals surface area contributed by atoms with Crippen LogP contribution >= 0.6 is 23.2 Å². The van der Waals surface area contributed by atoms with Gasteiger partial charge in [-0.1, -0.05) is 29.6 Å². The van der Waals surface area contributed by atoms with E-state index in [1.54, 1.807) is 6.92 Å². The number of hydrogen-bond donors (Lipinski definition) is 2. The molecule has 1 aromatic carbocycles. The van der Waals surface area contributed by atoms with Gasteiger partial charge in [-0.2, -0.15) is 0 Å². The van der Waals surface area contributed by atoms with E-state index < -0.39 is 10.0 Å². The Balaban J connectivity index is 2.01. The fraction of sp³-hybridized carbons (Fsp3) is 0.600. The van der Waals surface area contributed by atoms with Crippen LogP contribution in [0, 0.1) is 6.92 Å². The van der Waals surface area contributed by atoms with Gasteiger partial charge in [0, 0.05) is 24.2 Å². The number of benzene rings is 1. The molecule has 130 valence electrons. The Morgan fingerprint density at radius 1 is 1.35 bits per heavy atom. The lowest BCUT2D eigenvalue weighted by Crippen LogP contribution is -2.45. The highest BCUT2D eigenvalue weighted by molar-refractivity contribution is 7.89. The Hall–Kier alpha value is -0.370. The molecule has 0 unspecified atom stereocenters. The number of aliphatic hydroxyl groups excluding tert-OH is 1. The predicted octanol–water partition coefficient (Wildman–Crippen LogP) is 2.43. The molecule has 0 bridgehead atoms. The van der Waals surface area contributed by atoms with E-state index >= 15 is 0 Å². The minimum absolute atomic E-state index is 0.0402. The number of sulfonamides is 1. The normalized spacial score (nSPS) is 19.9. The summed E-state index contributed by atoms with van der Waals surface area (Å²) in [5.41, 5.74) is 0.549. The molecule has 1 heterocycles. The summed E-state index contributed by atoms with van der Waals surface area (Å²) in [5.74, 6) is 0. The number of piperidine rings is 1. The second-order valence-electron chi connectivity index (χ2n) is 5.75. The van der Waals surface area contributed by atoms with Crippen molar-refractivity contribution in [3.05, 3.63) is 27.7 Å². The zero-order valence-electron chi connectivity index (χ0n) is 13.1. The highest BCUT2D eigenvalue weighted by Gasteiger charge is 2.23. The molecule has 5 nitrogen and oxygen atoms in total. The molecule has 2 rings (SSSR count). The Bertz CT molecular complexity index is 652. The smallest absolute Gasteiger partial charge is 0.242 e. The minimum atomic E-state index is -3.68. The number of likely N-dealkylation sites (tertiary alicyclic amines) is 1. The molecule has 0 aliphatic carbocycles. The van der Waals surface area contributed by atoms with E-state index in [9.17, 15) is 13.5 Å². The van der Waals surface area contributed by atoms with Gasteiger partial charge in [-0.05, 0) is 44.0 Å². The van der Waals surface area contributed by atoms with E-state index in [4.69, 9.17) is 23.2 Å². The molecule has 1 aromatic rings. The van der Waals surface area contributed by atoms with Crippen molar-refractivity contribution in [1.82, 2.24) is 9.62 Å². The predicted molar refractivity (Wildman–Crippen MR) is 92.7 cm³/mol. The van der Waals surface area contributed by atoms with Crippen molar-refractivity contribution in [2.45, 2.75) is 37.1 Å². The molecule has 1 aliphatic rings. The quantitative estimate of drug-likeness (QED) is 0.794. The maximum absolute atomic E-state index is 12.4. The average molecular weight is 381 g/mol. The van der Waals surface area contributed by atoms with Crippen LogP contribution in [0.15, 0.2) is 17.0 Å². The monoisotopic (exact) mass is 380 g/mol. The summed E-state index contributed by atoms with van der Waals surface area (Å²) < 4.78 is 27.4. The number of nitrogens with zero attached hydrogens (tertiary/aromatic N) is 1. The lowest BCUT2D eigenvalue weighted by molar-refractivity contribution is 0.0923. The lowest BCUT2D eigenvalue weighted by Gasteiger charge is -2.34. The number of hydrogen-bond acceptors (Lipinski definition) is 4. The van der Waals surface area contributed by atoms with Crippen molar-refractivity contribution < 1.29 is 13.5 Å². The fourth-order valence-corrected chi connectivity index (χ4v) is 4.63. The van der Waals surface area contributed by atoms with Gasteiger partial charge in [0.2, 0.25) is 10.0 Å². The first-order valence-corrected chi connectivity index (χ1v) is 9.90. The zero-order chi connectivity index (χ0) is 17.0. The first-order valence-electron chi connectivity index (χ1n) is 7.66. The van der Waals surface area contributed by atoms with Crippen LogP contribution in [0.5, 0.6) is 0 Å². The molecule has 8 heteroatoms. The standard InChI is InChI=1S/C15H22Cl2N2O3S/c1-11-13(16)5-6-14(15(11)17)23(21,22)18-7-9-19-8-3-2-4-12(19)10-20/h5-6,12,18,20H,2-4,7-10H2,1H3/t12-/m1/s1. The van der Waals surface area contributed by atoms with E-state index in [2.05, 4.69) is 9.62 Å². The Morgan fingerprint density at radius 2 is 2.09 bits per heavy atom. The molecule has 0 radical (unpaired) electrons. The van der Waals surface area contributed by atoms with Gasteiger partial charge in [0.1, 0.15) is 4.90 Å². The summed E-state index contributed by atoms with van der Waals surface area (Å²) >= 11 is 12.1. The van der Waals surface area contributed by atoms with Gasteiger partial charge in [-0.25, -0.2) is 13.1 Å². The molecule has 0 saturated carbocycles. The average Bonchev–Trinajstić information content (AvgIpc) is 2.52. The summed E-state index contributed by atoms with van der Waals surface area (Å²) in [7, 11) is -3.68. The van der Waals surface area contributed by atoms with Gasteiger partial charge in [-0.15, -0.1) is 0 Å². The highest BCUT2D eigenvalue weighted by atomic mass is 35.5. The second-order valence-corrected chi connectivity index (χ2v) is 8.27. The third-order valence-corrected chi connectivity index (χ3v) is 6.74. The summed E-state index contributed by atoms with van der Waals surface area (Å²) in [6, 6.07) is 3.07. The molecule has 0 amide bonds. The van der Waals surface area contributed by atoms with Crippen LogP contribution in [0.4, 0.5) is 0 Å². The molecule has 0 spiro atoms. The number of aliphatic hydroxyl groups is 1. The van der Waals surface area contributed by atoms with Crippen LogP contribution in [-0.2, 0) is 10.0 Å². The third kappa shape index (κ3) is 4.59. The van der Waals surface area contributed by atoms with E-state index in [0.29, 0.717) is 17.1 Å². The van der Waals surface area contributed by atoms with Gasteiger partial charge >= 0.3 is 0 Å². The largest absolute Gasteiger partial charge is 0.395 e. The first kappa shape index (κ1) is 19.0. The maximum atomic E-state index is 12.4. The van der Waals surface area contributed by atoms with E-state index in [0.717, 1.165) is 25.8 Å². The van der Waals surface area contributed by atoms with Crippen LogP contribution in [-0.4, -0.2) is 50.7 Å². The van der Waals surface area contributed by atoms with E-state index in [-0.39, 0.29) is 29.1 Å². The Labute approximate surface area is 147 Å². The van der Waals surface area contributed by atoms with Gasteiger partial charge in [-0.3, -0.25) is 4.90 Å². The van der Waals surface area contributed by atoms with Gasteiger partial charge < -0.3 is 5.11 Å². The molecule has 1 fully saturated rings. The van der Waals surface area contributed by atoms with Gasteiger partial charge in [0.05, 0.1) is 11.6 Å². The topological polar surface area (TPSA) is 69.6 Å². The van der Waals surface area contributed by atoms with Crippen LogP contribution in [0.2, 0.25) is 10.0 Å². The molecular formula is C15H22Cl2N2O3S. The van der Waals surface area contributed by atoms with Crippen LogP contribution in [0.3, 0.4) is 0 Å². The van der Waals surface area contributed by atoms with Gasteiger partial charge in [0.15, 0.2) is 0 Å². The maximum Gasteiger partial charge on any atom is 0.242 e. The van der Waals surface area contributed by atoms with Crippen molar-refractivity contribution in [3.8, 4) is 0 Å². The number of nitrogens with one attached hydrogen (secondary N) is 1. The zero-order valence-corrected chi connectivity index (χ0v) is 15.4. The molecule has 2 N–H and O–H groups in total. The van der Waals surface area contributed by atoms with E-state index in [1.165, 1.54) is 12.1 Å². The fourth-order valence-electron chi connectivity index (χ4n) is 2.81. The molecule has 1 atom stereocenters. The number of rotatable bonds is 6. The van der Waals surface area contributed by atoms with Crippen LogP contribution in [0.25, 0.3) is 0 Å². The summed E-state index contributed by atoms with van der Waals surface area (Å²) in [5, 5.41) is 9.97. The molecule has 1 saturated heterocycles. The lowest BCUT2D eigenvalue weighted by atomic mass is 10.0. The van der Waals surface area contributed by atoms with Crippen molar-refractivity contribution in [2.75, 3.05) is 26.2 Å². The third-order valence-electron chi connectivity index (χ3n) is 4.23. The van der Waals surface area contributed by atoms with Crippen LogP contribution < -0.4 is 4.72 Å². The van der Waals surface area contributed by atoms with Crippen molar-refractivity contribution >= 4 is 33.2 Å². The van der Waals surface area contributed by atoms with Crippen molar-refractivity contribution in [1.29, 1.82) is 0 Å². The SMILES string of the molecule is Cc1c(Cl)ccc(S(=O)(=O)NCCN2CCCC[C@@H]2CO)c1Cl. The summed E-state index contributed by atoms with van der Waals surface area (Å²) in [4.78, 5) is 2.17. The van der Waals surface area contributed by atoms with E-state index in [1.807, 2.05) is 0 Å². The molecule has 0 aromatic heterocycles. The van der Waals surface area contributed by atoms with Gasteiger partial charge in [0.25, 0.3) is 0 Å². The summed E-state index contributed by atoms with van der Waals surface area (Å²) in [6.45, 7) is 3.51. The highest BCUT2D eigenvalue weighted by Crippen LogP contribution is 2.30. The Morgan fingerprint density at radius 3 is 2.78 bits per heavy atom. The van der Waals surface area contributed by atoms with Crippen molar-refractivity contribution in [3.63, 3.8) is 0 Å². The summed E-state index contributed by atoms with van der Waals surface area (Å²) in [6.07, 6.45) is 3.13. The first-order chi connectivity index (χ1) is 10.9. The minimum Gasteiger partial charge on any atom is -0.395 e. The van der Waals surface area contributed by atoms with Crippen molar-refractivity contribution in [2.24, 2.45) is 0 Å².